The Morgan fingerprint density at radius 2 is 1.94 bits per heavy atom. The summed E-state index contributed by atoms with van der Waals surface area (Å²) in [6.45, 7) is 2.57. The van der Waals surface area contributed by atoms with Crippen LogP contribution in [-0.2, 0) is 24.2 Å². The molecule has 2 aromatic rings. The van der Waals surface area contributed by atoms with Crippen LogP contribution in [0.5, 0.6) is 0 Å². The fraction of sp³-hybridized carbons (Fsp3) is 0.333. The lowest BCUT2D eigenvalue weighted by Gasteiger charge is -2.03. The third-order valence-corrected chi connectivity index (χ3v) is 3.04. The number of aromatic nitrogens is 2. The average Bonchev–Trinajstić information content (AvgIpc) is 2.90. The highest BCUT2D eigenvalue weighted by Crippen LogP contribution is 2.08. The van der Waals surface area contributed by atoms with Gasteiger partial charge in [0.1, 0.15) is 0 Å². The van der Waals surface area contributed by atoms with Crippen LogP contribution in [0.15, 0.2) is 43.0 Å². The zero-order valence-electron chi connectivity index (χ0n) is 10.7. The van der Waals surface area contributed by atoms with Gasteiger partial charge in [0.25, 0.3) is 0 Å². The fourth-order valence-corrected chi connectivity index (χ4v) is 1.89. The van der Waals surface area contributed by atoms with Crippen molar-refractivity contribution in [2.75, 3.05) is 0 Å². The molecule has 0 radical (unpaired) electrons. The summed E-state index contributed by atoms with van der Waals surface area (Å²) in [5.41, 5.74) is 2.56. The highest BCUT2D eigenvalue weighted by Gasteiger charge is 2.03. The van der Waals surface area contributed by atoms with Gasteiger partial charge in [-0.15, -0.1) is 0 Å². The van der Waals surface area contributed by atoms with Crippen LogP contribution in [0.4, 0.5) is 0 Å². The first-order chi connectivity index (χ1) is 8.78. The Morgan fingerprint density at radius 3 is 2.56 bits per heavy atom. The number of hydrogen-bond donors (Lipinski definition) is 0. The second kappa shape index (κ2) is 6.15. The van der Waals surface area contributed by atoms with Gasteiger partial charge in [-0.2, -0.15) is 0 Å². The van der Waals surface area contributed by atoms with E-state index >= 15 is 0 Å². The summed E-state index contributed by atoms with van der Waals surface area (Å²) >= 11 is 0. The lowest BCUT2D eigenvalue weighted by Crippen LogP contribution is -2.09. The van der Waals surface area contributed by atoms with Crippen LogP contribution >= 0.6 is 0 Å². The molecule has 0 atom stereocenters. The molecule has 0 spiro atoms. The zero-order chi connectivity index (χ0) is 12.8. The summed E-state index contributed by atoms with van der Waals surface area (Å²) in [6.07, 6.45) is 7.64. The van der Waals surface area contributed by atoms with Crippen molar-refractivity contribution in [2.24, 2.45) is 0 Å². The van der Waals surface area contributed by atoms with Crippen molar-refractivity contribution >= 4 is 5.78 Å². The number of ketones is 1. The third kappa shape index (κ3) is 3.55. The van der Waals surface area contributed by atoms with Gasteiger partial charge in [-0.25, -0.2) is 4.98 Å². The van der Waals surface area contributed by atoms with Crippen LogP contribution in [0.3, 0.4) is 0 Å². The first kappa shape index (κ1) is 12.6. The van der Waals surface area contributed by atoms with E-state index in [4.69, 9.17) is 0 Å². The first-order valence-electron chi connectivity index (χ1n) is 6.33. The molecule has 0 unspecified atom stereocenters. The minimum atomic E-state index is 0.243. The molecule has 94 valence electrons. The molecule has 3 heteroatoms. The molecule has 0 N–H and O–H groups in total. The Hall–Kier alpha value is -1.90. The number of nitrogens with zero attached hydrogens (tertiary/aromatic N) is 2. The molecule has 2 rings (SSSR count). The summed E-state index contributed by atoms with van der Waals surface area (Å²) in [4.78, 5) is 15.7. The maximum atomic E-state index is 11.8. The van der Waals surface area contributed by atoms with Crippen molar-refractivity contribution in [3.8, 4) is 0 Å². The van der Waals surface area contributed by atoms with Crippen LogP contribution in [0, 0.1) is 0 Å². The average molecular weight is 242 g/mol. The van der Waals surface area contributed by atoms with E-state index in [1.807, 2.05) is 10.8 Å². The van der Waals surface area contributed by atoms with E-state index in [9.17, 15) is 4.79 Å². The lowest BCUT2D eigenvalue weighted by atomic mass is 10.0. The van der Waals surface area contributed by atoms with Gasteiger partial charge in [-0.1, -0.05) is 31.2 Å². The second-order valence-electron chi connectivity index (χ2n) is 4.44. The molecule has 0 aliphatic rings. The number of carbonyl (C=O) groups excluding carboxylic acids is 1. The summed E-state index contributed by atoms with van der Waals surface area (Å²) in [6, 6.07) is 8.50. The Kier molecular flexibility index (Phi) is 4.29. The monoisotopic (exact) mass is 242 g/mol. The maximum Gasteiger partial charge on any atom is 0.152 e. The van der Waals surface area contributed by atoms with Crippen LogP contribution < -0.4 is 0 Å². The van der Waals surface area contributed by atoms with E-state index in [2.05, 4.69) is 36.2 Å². The van der Waals surface area contributed by atoms with E-state index in [0.29, 0.717) is 13.0 Å². The largest absolute Gasteiger partial charge is 0.330 e. The van der Waals surface area contributed by atoms with Crippen molar-refractivity contribution in [1.82, 2.24) is 9.55 Å². The van der Waals surface area contributed by atoms with Crippen LogP contribution in [0.2, 0.25) is 0 Å². The highest BCUT2D eigenvalue weighted by atomic mass is 16.1. The normalized spacial score (nSPS) is 10.5. The minimum absolute atomic E-state index is 0.243. The predicted octanol–water partition coefficient (Wildman–Crippen LogP) is 2.65. The molecular weight excluding hydrogens is 224 g/mol. The molecule has 1 aromatic carbocycles. The van der Waals surface area contributed by atoms with E-state index in [1.54, 1.807) is 12.5 Å². The number of Topliss-reactive ketones (excluding diaryl/α,β-unsaturated/α-hetero) is 1. The Balaban J connectivity index is 1.81. The van der Waals surface area contributed by atoms with E-state index in [1.165, 1.54) is 11.1 Å². The van der Waals surface area contributed by atoms with Crippen molar-refractivity contribution in [3.05, 3.63) is 54.1 Å². The molecule has 0 aliphatic carbocycles. The molecule has 0 bridgehead atoms. The highest BCUT2D eigenvalue weighted by molar-refractivity contribution is 5.78. The Morgan fingerprint density at radius 1 is 1.22 bits per heavy atom. The van der Waals surface area contributed by atoms with Gasteiger partial charge in [0, 0.05) is 18.8 Å². The van der Waals surface area contributed by atoms with Crippen LogP contribution in [-0.4, -0.2) is 15.3 Å². The Bertz CT molecular complexity index is 486. The van der Waals surface area contributed by atoms with Gasteiger partial charge in [0.2, 0.25) is 0 Å². The lowest BCUT2D eigenvalue weighted by molar-refractivity contribution is -0.119. The summed E-state index contributed by atoms with van der Waals surface area (Å²) in [7, 11) is 0. The van der Waals surface area contributed by atoms with E-state index in [0.717, 1.165) is 12.8 Å². The molecule has 0 amide bonds. The number of carbonyl (C=O) groups is 1. The molecule has 0 fully saturated rings. The van der Waals surface area contributed by atoms with Gasteiger partial charge < -0.3 is 4.57 Å². The molecule has 3 nitrogen and oxygen atoms in total. The fourth-order valence-electron chi connectivity index (χ4n) is 1.89. The quantitative estimate of drug-likeness (QED) is 0.780. The van der Waals surface area contributed by atoms with Crippen LogP contribution in [0.1, 0.15) is 24.5 Å². The second-order valence-corrected chi connectivity index (χ2v) is 4.44. The van der Waals surface area contributed by atoms with E-state index < -0.39 is 0 Å². The van der Waals surface area contributed by atoms with Gasteiger partial charge in [0.05, 0.1) is 12.9 Å². The topological polar surface area (TPSA) is 34.9 Å². The van der Waals surface area contributed by atoms with Crippen LogP contribution in [0.25, 0.3) is 0 Å². The van der Waals surface area contributed by atoms with Gasteiger partial charge in [-0.3, -0.25) is 4.79 Å². The number of aryl methyl sites for hydroxylation is 2. The third-order valence-electron chi connectivity index (χ3n) is 3.04. The molecule has 1 aromatic heterocycles. The van der Waals surface area contributed by atoms with Crippen molar-refractivity contribution in [3.63, 3.8) is 0 Å². The standard InChI is InChI=1S/C15H18N2O/c1-2-13-3-5-14(6-4-13)7-8-15(18)11-17-10-9-16-12-17/h3-6,9-10,12H,2,7-8,11H2,1H3. The molecule has 0 saturated heterocycles. The molecule has 0 aliphatic heterocycles. The van der Waals surface area contributed by atoms with Crippen molar-refractivity contribution in [1.29, 1.82) is 0 Å². The smallest absolute Gasteiger partial charge is 0.152 e. The number of imidazole rings is 1. The maximum absolute atomic E-state index is 11.8. The SMILES string of the molecule is CCc1ccc(CCC(=O)Cn2ccnc2)cc1. The summed E-state index contributed by atoms with van der Waals surface area (Å²) in [5, 5.41) is 0. The number of benzene rings is 1. The van der Waals surface area contributed by atoms with Gasteiger partial charge >= 0.3 is 0 Å². The first-order valence-corrected chi connectivity index (χ1v) is 6.33. The molecular formula is C15H18N2O. The molecule has 0 saturated carbocycles. The zero-order valence-corrected chi connectivity index (χ0v) is 10.7. The van der Waals surface area contributed by atoms with Gasteiger partial charge in [0.15, 0.2) is 5.78 Å². The van der Waals surface area contributed by atoms with Crippen molar-refractivity contribution < 1.29 is 4.79 Å². The predicted molar refractivity (Wildman–Crippen MR) is 71.4 cm³/mol. The summed E-state index contributed by atoms with van der Waals surface area (Å²) < 4.78 is 1.81. The number of hydrogen-bond acceptors (Lipinski definition) is 2. The minimum Gasteiger partial charge on any atom is -0.330 e. The Labute approximate surface area is 107 Å². The van der Waals surface area contributed by atoms with E-state index in [-0.39, 0.29) is 5.78 Å². The molecule has 1 heterocycles. The summed E-state index contributed by atoms with van der Waals surface area (Å²) in [5.74, 6) is 0.243. The number of rotatable bonds is 6. The van der Waals surface area contributed by atoms with Gasteiger partial charge in [-0.05, 0) is 24.0 Å². The molecule has 18 heavy (non-hydrogen) atoms. The van der Waals surface area contributed by atoms with Crippen molar-refractivity contribution in [2.45, 2.75) is 32.7 Å².